The maximum absolute atomic E-state index is 5.83. The van der Waals surface area contributed by atoms with E-state index in [4.69, 9.17) is 9.47 Å². The molecule has 0 unspecified atom stereocenters. The Morgan fingerprint density at radius 3 is 2.56 bits per heavy atom. The number of rotatable bonds is 7. The highest BCUT2D eigenvalue weighted by atomic mass is 16.7. The van der Waals surface area contributed by atoms with Gasteiger partial charge in [0.05, 0.1) is 0 Å². The molecule has 2 heteroatoms. The molecule has 3 aromatic rings. The molecule has 0 atom stereocenters. The van der Waals surface area contributed by atoms with Crippen LogP contribution in [0.2, 0.25) is 0 Å². The van der Waals surface area contributed by atoms with Crippen LogP contribution in [-0.2, 0) is 22.3 Å². The summed E-state index contributed by atoms with van der Waals surface area (Å²) in [7, 11) is 0. The topological polar surface area (TPSA) is 18.5 Å². The smallest absolute Gasteiger partial charge is 0.183 e. The number of fused-ring (bicyclic) bond motifs is 4. The molecular formula is C30H32O2. The van der Waals surface area contributed by atoms with Crippen molar-refractivity contribution < 1.29 is 9.47 Å². The van der Waals surface area contributed by atoms with Crippen LogP contribution in [0.4, 0.5) is 0 Å². The number of hydrogen-bond acceptors (Lipinski definition) is 2. The van der Waals surface area contributed by atoms with E-state index in [1.165, 1.54) is 57.9 Å². The number of hydrogen-bond donors (Lipinski definition) is 0. The zero-order valence-corrected chi connectivity index (χ0v) is 19.2. The molecule has 5 rings (SSSR count). The summed E-state index contributed by atoms with van der Waals surface area (Å²) >= 11 is 0. The summed E-state index contributed by atoms with van der Waals surface area (Å²) in [5.41, 5.74) is 9.89. The van der Waals surface area contributed by atoms with Crippen LogP contribution in [-0.4, -0.2) is 13.2 Å². The lowest BCUT2D eigenvalue weighted by Gasteiger charge is -2.26. The number of aryl methyl sites for hydroxylation is 1. The molecular weight excluding hydrogens is 392 g/mol. The average Bonchev–Trinajstić information content (AvgIpc) is 2.84. The van der Waals surface area contributed by atoms with Gasteiger partial charge in [-0.05, 0) is 84.6 Å². The van der Waals surface area contributed by atoms with Gasteiger partial charge in [0.15, 0.2) is 6.29 Å². The minimum Gasteiger partial charge on any atom is -0.349 e. The molecule has 2 aliphatic carbocycles. The molecule has 2 nitrogen and oxygen atoms in total. The van der Waals surface area contributed by atoms with E-state index < -0.39 is 0 Å². The second kappa shape index (κ2) is 9.44. The zero-order chi connectivity index (χ0) is 21.9. The Morgan fingerprint density at radius 2 is 1.72 bits per heavy atom. The van der Waals surface area contributed by atoms with Gasteiger partial charge >= 0.3 is 0 Å². The van der Waals surface area contributed by atoms with Crippen molar-refractivity contribution in [3.05, 3.63) is 100 Å². The van der Waals surface area contributed by atoms with Crippen LogP contribution >= 0.6 is 0 Å². The fraction of sp³-hybridized carbons (Fsp3) is 0.333. The van der Waals surface area contributed by atoms with E-state index in [0.29, 0.717) is 13.2 Å². The minimum atomic E-state index is -0.298. The molecule has 32 heavy (non-hydrogen) atoms. The molecule has 0 radical (unpaired) electrons. The molecule has 0 saturated heterocycles. The van der Waals surface area contributed by atoms with Gasteiger partial charge in [-0.3, -0.25) is 0 Å². The third-order valence-corrected chi connectivity index (χ3v) is 6.74. The number of allylic oxidation sites excluding steroid dienone is 4. The molecule has 3 aromatic carbocycles. The molecule has 0 aliphatic heterocycles. The van der Waals surface area contributed by atoms with Crippen LogP contribution in [0, 0.1) is 0 Å². The van der Waals surface area contributed by atoms with Gasteiger partial charge in [-0.2, -0.15) is 0 Å². The van der Waals surface area contributed by atoms with E-state index in [0.717, 1.165) is 18.4 Å². The lowest BCUT2D eigenvalue weighted by Crippen LogP contribution is -2.09. The Kier molecular flexibility index (Phi) is 6.25. The second-order valence-corrected chi connectivity index (χ2v) is 8.73. The molecule has 0 saturated carbocycles. The first-order valence-corrected chi connectivity index (χ1v) is 12.0. The van der Waals surface area contributed by atoms with E-state index in [9.17, 15) is 0 Å². The average molecular weight is 425 g/mol. The SMILES string of the molecule is CCOC(OCC)c1cccc(Cc2cccc3ccc4c(c23)CCC2=C4C=CCC2)c1. The highest BCUT2D eigenvalue weighted by molar-refractivity contribution is 5.96. The van der Waals surface area contributed by atoms with Crippen molar-refractivity contribution in [3.8, 4) is 0 Å². The van der Waals surface area contributed by atoms with Crippen molar-refractivity contribution in [2.75, 3.05) is 13.2 Å². The summed E-state index contributed by atoms with van der Waals surface area (Å²) in [4.78, 5) is 0. The normalized spacial score (nSPS) is 15.3. The van der Waals surface area contributed by atoms with E-state index in [1.54, 1.807) is 5.57 Å². The summed E-state index contributed by atoms with van der Waals surface area (Å²) < 4.78 is 11.7. The van der Waals surface area contributed by atoms with E-state index in [1.807, 2.05) is 13.8 Å². The quantitative estimate of drug-likeness (QED) is 0.365. The van der Waals surface area contributed by atoms with Gasteiger partial charge in [-0.25, -0.2) is 0 Å². The largest absolute Gasteiger partial charge is 0.349 e. The van der Waals surface area contributed by atoms with Gasteiger partial charge in [-0.15, -0.1) is 0 Å². The molecule has 0 heterocycles. The van der Waals surface area contributed by atoms with Crippen molar-refractivity contribution in [1.82, 2.24) is 0 Å². The van der Waals surface area contributed by atoms with E-state index in [2.05, 4.69) is 66.7 Å². The van der Waals surface area contributed by atoms with Gasteiger partial charge in [0.25, 0.3) is 0 Å². The van der Waals surface area contributed by atoms with Gasteiger partial charge in [0, 0.05) is 18.8 Å². The highest BCUT2D eigenvalue weighted by Gasteiger charge is 2.22. The molecule has 0 spiro atoms. The van der Waals surface area contributed by atoms with Crippen molar-refractivity contribution in [1.29, 1.82) is 0 Å². The third kappa shape index (κ3) is 4.05. The highest BCUT2D eigenvalue weighted by Crippen LogP contribution is 2.41. The molecule has 0 aromatic heterocycles. The maximum atomic E-state index is 5.83. The lowest BCUT2D eigenvalue weighted by molar-refractivity contribution is -0.140. The van der Waals surface area contributed by atoms with Gasteiger partial charge in [0.2, 0.25) is 0 Å². The van der Waals surface area contributed by atoms with Gasteiger partial charge < -0.3 is 9.47 Å². The van der Waals surface area contributed by atoms with Gasteiger partial charge in [0.1, 0.15) is 0 Å². The second-order valence-electron chi connectivity index (χ2n) is 8.73. The number of benzene rings is 3. The Labute approximate surface area is 191 Å². The zero-order valence-electron chi connectivity index (χ0n) is 19.2. The standard InChI is InChI=1S/C30H32O2/c1-3-31-30(32-4-2)25-13-7-9-21(20-25)19-24-12-8-11-23-16-17-27-26-14-6-5-10-22(26)15-18-28(27)29(23)24/h6-9,11-14,16-17,20,30H,3-5,10,15,18-19H2,1-2H3. The third-order valence-electron chi connectivity index (χ3n) is 6.74. The van der Waals surface area contributed by atoms with E-state index in [-0.39, 0.29) is 6.29 Å². The van der Waals surface area contributed by atoms with Crippen LogP contribution in [0.5, 0.6) is 0 Å². The van der Waals surface area contributed by atoms with Crippen LogP contribution in [0.3, 0.4) is 0 Å². The van der Waals surface area contributed by atoms with Crippen molar-refractivity contribution in [2.45, 2.75) is 52.2 Å². The fourth-order valence-electron chi connectivity index (χ4n) is 5.33. The summed E-state index contributed by atoms with van der Waals surface area (Å²) in [5, 5.41) is 2.80. The van der Waals surface area contributed by atoms with Crippen molar-refractivity contribution in [3.63, 3.8) is 0 Å². The molecule has 0 N–H and O–H groups in total. The summed E-state index contributed by atoms with van der Waals surface area (Å²) in [6.45, 7) is 5.29. The van der Waals surface area contributed by atoms with Gasteiger partial charge in [-0.1, -0.05) is 72.3 Å². The van der Waals surface area contributed by atoms with Crippen molar-refractivity contribution >= 4 is 16.3 Å². The first kappa shape index (κ1) is 21.2. The summed E-state index contributed by atoms with van der Waals surface area (Å²) in [5.74, 6) is 0. The lowest BCUT2D eigenvalue weighted by atomic mass is 9.78. The number of ether oxygens (including phenoxy) is 2. The first-order valence-electron chi connectivity index (χ1n) is 12.0. The summed E-state index contributed by atoms with van der Waals surface area (Å²) in [6, 6.07) is 20.1. The molecule has 2 aliphatic rings. The van der Waals surface area contributed by atoms with Crippen LogP contribution in [0.1, 0.15) is 67.2 Å². The van der Waals surface area contributed by atoms with Crippen LogP contribution in [0.15, 0.2) is 72.3 Å². The predicted molar refractivity (Wildman–Crippen MR) is 133 cm³/mol. The fourth-order valence-corrected chi connectivity index (χ4v) is 5.33. The van der Waals surface area contributed by atoms with Crippen LogP contribution < -0.4 is 0 Å². The molecule has 0 bridgehead atoms. The Hall–Kier alpha value is -2.68. The Balaban J connectivity index is 1.54. The maximum Gasteiger partial charge on any atom is 0.183 e. The minimum absolute atomic E-state index is 0.298. The van der Waals surface area contributed by atoms with Crippen molar-refractivity contribution in [2.24, 2.45) is 0 Å². The summed E-state index contributed by atoms with van der Waals surface area (Å²) in [6.07, 6.45) is 10.1. The molecule has 164 valence electrons. The molecule has 0 amide bonds. The Morgan fingerprint density at radius 1 is 0.875 bits per heavy atom. The Bertz CT molecular complexity index is 1180. The predicted octanol–water partition coefficient (Wildman–Crippen LogP) is 7.55. The molecule has 0 fully saturated rings. The monoisotopic (exact) mass is 424 g/mol. The first-order chi connectivity index (χ1) is 15.8. The van der Waals surface area contributed by atoms with E-state index >= 15 is 0 Å². The van der Waals surface area contributed by atoms with Crippen LogP contribution in [0.25, 0.3) is 16.3 Å².